The van der Waals surface area contributed by atoms with Gasteiger partial charge in [0.1, 0.15) is 13.2 Å². The molecule has 0 spiro atoms. The summed E-state index contributed by atoms with van der Waals surface area (Å²) in [7, 11) is 0. The van der Waals surface area contributed by atoms with Crippen LogP contribution in [0.2, 0.25) is 0 Å². The SMILES string of the molecule is CC/C=C\C/C=C\C/C=C\C/C=C\C/C=C\CC(=O)OC(COC(=O)CCCCCCCC/C=C\C/C=C\C/C=C\C/C=C\CC)COC(=O)CCCCCCCCCCCCCCCCC. The first-order valence-electron chi connectivity index (χ1n) is 27.4. The molecule has 0 radical (unpaired) electrons. The van der Waals surface area contributed by atoms with Crippen LogP contribution in [-0.4, -0.2) is 37.2 Å². The molecule has 0 bridgehead atoms. The minimum absolute atomic E-state index is 0.0917. The second kappa shape index (κ2) is 54.7. The molecule has 0 saturated heterocycles. The van der Waals surface area contributed by atoms with Crippen molar-refractivity contribution in [1.82, 2.24) is 0 Å². The average Bonchev–Trinajstić information content (AvgIpc) is 3.33. The third-order valence-corrected chi connectivity index (χ3v) is 11.3. The molecule has 0 saturated carbocycles. The number of allylic oxidation sites excluding steroid dienone is 17. The summed E-state index contributed by atoms with van der Waals surface area (Å²) in [5.74, 6) is -1.07. The third-order valence-electron chi connectivity index (χ3n) is 11.3. The lowest BCUT2D eigenvalue weighted by Gasteiger charge is -2.18. The Morgan fingerprint density at radius 3 is 0.985 bits per heavy atom. The molecule has 67 heavy (non-hydrogen) atoms. The Morgan fingerprint density at radius 2 is 0.627 bits per heavy atom. The molecule has 0 N–H and O–H groups in total. The van der Waals surface area contributed by atoms with Crippen LogP contribution in [-0.2, 0) is 28.6 Å². The highest BCUT2D eigenvalue weighted by Gasteiger charge is 2.19. The van der Waals surface area contributed by atoms with E-state index in [1.165, 1.54) is 89.9 Å². The molecular formula is C61H100O6. The van der Waals surface area contributed by atoms with Gasteiger partial charge < -0.3 is 14.2 Å². The van der Waals surface area contributed by atoms with Crippen molar-refractivity contribution in [2.24, 2.45) is 0 Å². The van der Waals surface area contributed by atoms with E-state index in [0.29, 0.717) is 12.8 Å². The van der Waals surface area contributed by atoms with Crippen LogP contribution in [0.25, 0.3) is 0 Å². The largest absolute Gasteiger partial charge is 0.462 e. The normalized spacial score (nSPS) is 12.9. The fourth-order valence-electron chi connectivity index (χ4n) is 7.27. The fourth-order valence-corrected chi connectivity index (χ4v) is 7.27. The van der Waals surface area contributed by atoms with Crippen molar-refractivity contribution >= 4 is 17.9 Å². The molecule has 1 unspecified atom stereocenters. The smallest absolute Gasteiger partial charge is 0.310 e. The molecule has 6 nitrogen and oxygen atoms in total. The summed E-state index contributed by atoms with van der Waals surface area (Å²) < 4.78 is 16.7. The number of hydrogen-bond donors (Lipinski definition) is 0. The van der Waals surface area contributed by atoms with E-state index in [0.717, 1.165) is 109 Å². The van der Waals surface area contributed by atoms with Crippen LogP contribution in [0.5, 0.6) is 0 Å². The Balaban J connectivity index is 4.51. The molecule has 0 aromatic heterocycles. The van der Waals surface area contributed by atoms with Crippen molar-refractivity contribution < 1.29 is 28.6 Å². The van der Waals surface area contributed by atoms with Gasteiger partial charge in [0.2, 0.25) is 0 Å². The molecule has 1 atom stereocenters. The van der Waals surface area contributed by atoms with Crippen molar-refractivity contribution in [3.8, 4) is 0 Å². The molecular weight excluding hydrogens is 829 g/mol. The second-order valence-corrected chi connectivity index (χ2v) is 17.8. The first-order valence-corrected chi connectivity index (χ1v) is 27.4. The number of hydrogen-bond acceptors (Lipinski definition) is 6. The summed E-state index contributed by atoms with van der Waals surface area (Å²) >= 11 is 0. The zero-order chi connectivity index (χ0) is 48.6. The monoisotopic (exact) mass is 929 g/mol. The highest BCUT2D eigenvalue weighted by molar-refractivity contribution is 5.72. The van der Waals surface area contributed by atoms with Crippen LogP contribution >= 0.6 is 0 Å². The molecule has 0 amide bonds. The van der Waals surface area contributed by atoms with Crippen LogP contribution in [0.4, 0.5) is 0 Å². The Labute approximate surface area is 412 Å². The van der Waals surface area contributed by atoms with Gasteiger partial charge in [-0.1, -0.05) is 246 Å². The van der Waals surface area contributed by atoms with E-state index < -0.39 is 12.1 Å². The molecule has 0 aromatic carbocycles. The Hall–Kier alpha value is -3.93. The van der Waals surface area contributed by atoms with Gasteiger partial charge >= 0.3 is 17.9 Å². The quantitative estimate of drug-likeness (QED) is 0.0262. The van der Waals surface area contributed by atoms with E-state index in [-0.39, 0.29) is 31.6 Å². The van der Waals surface area contributed by atoms with E-state index in [1.54, 1.807) is 6.08 Å². The molecule has 0 aliphatic rings. The van der Waals surface area contributed by atoms with E-state index in [1.807, 2.05) is 6.08 Å². The van der Waals surface area contributed by atoms with Gasteiger partial charge in [0, 0.05) is 12.8 Å². The predicted molar refractivity (Wildman–Crippen MR) is 288 cm³/mol. The van der Waals surface area contributed by atoms with Gasteiger partial charge in [0.25, 0.3) is 0 Å². The topological polar surface area (TPSA) is 78.9 Å². The molecule has 0 heterocycles. The van der Waals surface area contributed by atoms with E-state index in [4.69, 9.17) is 14.2 Å². The van der Waals surface area contributed by atoms with Gasteiger partial charge in [-0.25, -0.2) is 0 Å². The fraction of sp³-hybridized carbons (Fsp3) is 0.656. The van der Waals surface area contributed by atoms with Gasteiger partial charge in [-0.15, -0.1) is 0 Å². The van der Waals surface area contributed by atoms with Crippen molar-refractivity contribution in [3.05, 3.63) is 109 Å². The molecule has 0 aromatic rings. The van der Waals surface area contributed by atoms with Crippen LogP contribution in [0.3, 0.4) is 0 Å². The van der Waals surface area contributed by atoms with E-state index >= 15 is 0 Å². The third kappa shape index (κ3) is 52.9. The van der Waals surface area contributed by atoms with Gasteiger partial charge in [0.05, 0.1) is 6.42 Å². The number of carbonyl (C=O) groups is 3. The lowest BCUT2D eigenvalue weighted by atomic mass is 10.0. The maximum absolute atomic E-state index is 12.8. The number of unbranched alkanes of at least 4 members (excludes halogenated alkanes) is 20. The van der Waals surface area contributed by atoms with Crippen LogP contribution in [0.15, 0.2) is 109 Å². The van der Waals surface area contributed by atoms with E-state index in [2.05, 4.69) is 118 Å². The summed E-state index contributed by atoms with van der Waals surface area (Å²) in [6, 6.07) is 0. The van der Waals surface area contributed by atoms with Crippen molar-refractivity contribution in [2.75, 3.05) is 13.2 Å². The maximum atomic E-state index is 12.8. The van der Waals surface area contributed by atoms with Crippen LogP contribution in [0.1, 0.15) is 239 Å². The zero-order valence-corrected chi connectivity index (χ0v) is 43.4. The van der Waals surface area contributed by atoms with Crippen molar-refractivity contribution in [2.45, 2.75) is 245 Å². The number of esters is 3. The summed E-state index contributed by atoms with van der Waals surface area (Å²) in [4.78, 5) is 38.0. The van der Waals surface area contributed by atoms with Crippen LogP contribution < -0.4 is 0 Å². The van der Waals surface area contributed by atoms with Crippen molar-refractivity contribution in [1.29, 1.82) is 0 Å². The highest BCUT2D eigenvalue weighted by atomic mass is 16.6. The molecule has 0 rings (SSSR count). The van der Waals surface area contributed by atoms with Gasteiger partial charge in [-0.2, -0.15) is 0 Å². The first-order chi connectivity index (χ1) is 33.0. The predicted octanol–water partition coefficient (Wildman–Crippen LogP) is 18.3. The zero-order valence-electron chi connectivity index (χ0n) is 43.4. The van der Waals surface area contributed by atoms with Gasteiger partial charge in [-0.3, -0.25) is 14.4 Å². The van der Waals surface area contributed by atoms with Gasteiger partial charge in [-0.05, 0) is 83.5 Å². The minimum atomic E-state index is -0.839. The lowest BCUT2D eigenvalue weighted by molar-refractivity contribution is -0.166. The molecule has 0 aliphatic carbocycles. The van der Waals surface area contributed by atoms with E-state index in [9.17, 15) is 14.4 Å². The molecule has 380 valence electrons. The maximum Gasteiger partial charge on any atom is 0.310 e. The Kier molecular flexibility index (Phi) is 51.5. The Bertz CT molecular complexity index is 1390. The lowest BCUT2D eigenvalue weighted by Crippen LogP contribution is -2.30. The Morgan fingerprint density at radius 1 is 0.328 bits per heavy atom. The molecule has 0 fully saturated rings. The summed E-state index contributed by atoms with van der Waals surface area (Å²) in [6.07, 6.45) is 73.8. The number of ether oxygens (including phenoxy) is 3. The van der Waals surface area contributed by atoms with Crippen molar-refractivity contribution in [3.63, 3.8) is 0 Å². The average molecular weight is 929 g/mol. The van der Waals surface area contributed by atoms with Crippen LogP contribution in [0, 0.1) is 0 Å². The number of carbonyl (C=O) groups excluding carboxylic acids is 3. The molecule has 0 aliphatic heterocycles. The summed E-state index contributed by atoms with van der Waals surface area (Å²) in [5, 5.41) is 0. The highest BCUT2D eigenvalue weighted by Crippen LogP contribution is 2.15. The first kappa shape index (κ1) is 63.1. The minimum Gasteiger partial charge on any atom is -0.462 e. The number of rotatable bonds is 48. The summed E-state index contributed by atoms with van der Waals surface area (Å²) in [5.41, 5.74) is 0. The summed E-state index contributed by atoms with van der Waals surface area (Å²) in [6.45, 7) is 6.32. The second-order valence-electron chi connectivity index (χ2n) is 17.8. The standard InChI is InChI=1S/C61H100O6/c1-4-7-10-13-16-19-22-25-28-29-30-31-34-36-39-42-45-48-51-54-60(63)66-57-58(67-61(64)55-52-49-46-43-40-37-33-27-24-21-18-15-12-9-6-3)56-65-59(62)53-50-47-44-41-38-35-32-26-23-20-17-14-11-8-5-2/h7,9-10,12,16,18-19,21,25,27-28,30-31,33,40,43,49,52,58H,4-6,8,11,13-15,17,20,22-24,26,29,32,34-39,41-42,44-48,50-51,53-57H2,1-3H3/b10-7-,12-9-,19-16-,21-18-,28-25-,31-30-,33-27-,43-40-,52-49-. The van der Waals surface area contributed by atoms with Gasteiger partial charge in [0.15, 0.2) is 6.10 Å². The molecule has 6 heteroatoms.